The van der Waals surface area contributed by atoms with E-state index in [4.69, 9.17) is 10.4 Å². The highest BCUT2D eigenvalue weighted by molar-refractivity contribution is 5.77. The summed E-state index contributed by atoms with van der Waals surface area (Å²) in [7, 11) is 1.89. The molecule has 2 rings (SSSR count). The van der Waals surface area contributed by atoms with Crippen LogP contribution in [-0.4, -0.2) is 22.8 Å². The van der Waals surface area contributed by atoms with Crippen molar-refractivity contribution in [1.82, 2.24) is 9.88 Å². The Hall–Kier alpha value is -2.42. The van der Waals surface area contributed by atoms with Crippen LogP contribution in [0.1, 0.15) is 78.6 Å². The first-order valence-electron chi connectivity index (χ1n) is 11.2. The Kier molecular flexibility index (Phi) is 11.9. The molecule has 0 amide bonds. The lowest BCUT2D eigenvalue weighted by Gasteiger charge is -2.30. The molecular weight excluding hydrogens is 366 g/mol. The number of allylic oxidation sites excluding steroid dienone is 1. The first-order chi connectivity index (χ1) is 14.2. The van der Waals surface area contributed by atoms with Crippen LogP contribution in [0, 0.1) is 12.3 Å². The Labute approximate surface area is 185 Å². The van der Waals surface area contributed by atoms with Gasteiger partial charge < -0.3 is 4.90 Å². The van der Waals surface area contributed by atoms with Gasteiger partial charge in [0.2, 0.25) is 0 Å². The molecule has 0 aliphatic heterocycles. The lowest BCUT2D eigenvalue weighted by Crippen LogP contribution is -2.28. The van der Waals surface area contributed by atoms with Gasteiger partial charge in [-0.25, -0.2) is 0 Å². The number of nitrogens with one attached hydrogen (secondary N) is 1. The molecule has 1 N–H and O–H groups in total. The third-order valence-corrected chi connectivity index (χ3v) is 4.99. The largest absolute Gasteiger partial charge is 0.338 e. The number of rotatable bonds is 6. The van der Waals surface area contributed by atoms with E-state index in [0.29, 0.717) is 5.84 Å². The van der Waals surface area contributed by atoms with Crippen molar-refractivity contribution >= 4 is 5.84 Å². The normalized spacial score (nSPS) is 10.2. The number of aromatic nitrogens is 1. The molecular formula is C27H43N3. The maximum Gasteiger partial charge on any atom is 0.0965 e. The molecule has 0 saturated heterocycles. The highest BCUT2D eigenvalue weighted by atomic mass is 15.1. The van der Waals surface area contributed by atoms with Crippen molar-refractivity contribution in [2.75, 3.05) is 7.05 Å². The van der Waals surface area contributed by atoms with E-state index in [1.54, 1.807) is 6.92 Å². The van der Waals surface area contributed by atoms with Crippen molar-refractivity contribution in [3.63, 3.8) is 0 Å². The van der Waals surface area contributed by atoms with Crippen molar-refractivity contribution in [3.8, 4) is 11.3 Å². The van der Waals surface area contributed by atoms with E-state index in [0.717, 1.165) is 29.9 Å². The summed E-state index contributed by atoms with van der Waals surface area (Å²) in [4.78, 5) is 6.84. The van der Waals surface area contributed by atoms with Gasteiger partial charge in [0.15, 0.2) is 0 Å². The lowest BCUT2D eigenvalue weighted by atomic mass is 9.83. The zero-order chi connectivity index (χ0) is 23.5. The molecule has 2 aromatic rings. The number of nitrogens with zero attached hydrogens (tertiary/aromatic N) is 2. The molecule has 0 spiro atoms. The van der Waals surface area contributed by atoms with Gasteiger partial charge in [-0.15, -0.1) is 0 Å². The molecule has 0 unspecified atom stereocenters. The molecule has 3 nitrogen and oxygen atoms in total. The second-order valence-corrected chi connectivity index (χ2v) is 7.69. The first-order valence-corrected chi connectivity index (χ1v) is 11.2. The molecule has 0 radical (unpaired) electrons. The molecule has 0 aliphatic carbocycles. The summed E-state index contributed by atoms with van der Waals surface area (Å²) in [5.74, 6) is 0.500. The van der Waals surface area contributed by atoms with Crippen LogP contribution in [0.5, 0.6) is 0 Å². The van der Waals surface area contributed by atoms with Crippen LogP contribution in [0.4, 0.5) is 0 Å². The Balaban J connectivity index is 0.00000198. The van der Waals surface area contributed by atoms with Gasteiger partial charge in [-0.3, -0.25) is 10.4 Å². The van der Waals surface area contributed by atoms with E-state index in [-0.39, 0.29) is 5.41 Å². The average Bonchev–Trinajstić information content (AvgIpc) is 2.75. The highest BCUT2D eigenvalue weighted by Gasteiger charge is 2.25. The molecule has 0 aliphatic rings. The van der Waals surface area contributed by atoms with Gasteiger partial charge in [0.1, 0.15) is 0 Å². The van der Waals surface area contributed by atoms with Gasteiger partial charge in [0.25, 0.3) is 0 Å². The molecule has 0 bridgehead atoms. The molecule has 0 saturated carbocycles. The van der Waals surface area contributed by atoms with Crippen molar-refractivity contribution in [3.05, 3.63) is 65.5 Å². The fraction of sp³-hybridized carbons (Fsp3) is 0.481. The predicted molar refractivity (Wildman–Crippen MR) is 134 cm³/mol. The number of benzene rings is 1. The van der Waals surface area contributed by atoms with E-state index in [2.05, 4.69) is 70.7 Å². The molecule has 166 valence electrons. The maximum atomic E-state index is 7.80. The topological polar surface area (TPSA) is 40.0 Å². The standard InChI is InChI=1S/C23H31N3.2C2H6/c1-8-19-13-12-16(2)14-20(19)21-10-9-11-22(25-21)23(5,6)15-17(3)26(7)18(4)24;2*1-2/h9-14,24H,3,8,15H2,1-2,4-7H3;2*1-2H3. The number of hydrogen-bond acceptors (Lipinski definition) is 2. The average molecular weight is 410 g/mol. The zero-order valence-electron chi connectivity index (χ0n) is 21.0. The van der Waals surface area contributed by atoms with Gasteiger partial charge in [0.05, 0.1) is 11.5 Å². The Morgan fingerprint density at radius 2 is 1.70 bits per heavy atom. The van der Waals surface area contributed by atoms with Crippen molar-refractivity contribution in [1.29, 1.82) is 5.41 Å². The monoisotopic (exact) mass is 409 g/mol. The summed E-state index contributed by atoms with van der Waals surface area (Å²) in [6.45, 7) is 22.6. The van der Waals surface area contributed by atoms with Crippen LogP contribution in [-0.2, 0) is 11.8 Å². The third-order valence-electron chi connectivity index (χ3n) is 4.99. The highest BCUT2D eigenvalue weighted by Crippen LogP contribution is 2.32. The van der Waals surface area contributed by atoms with Gasteiger partial charge in [0, 0.05) is 29.4 Å². The summed E-state index contributed by atoms with van der Waals surface area (Å²) in [5, 5.41) is 7.80. The van der Waals surface area contributed by atoms with Crippen LogP contribution in [0.15, 0.2) is 48.7 Å². The fourth-order valence-corrected chi connectivity index (χ4v) is 3.16. The van der Waals surface area contributed by atoms with Crippen LogP contribution in [0.25, 0.3) is 11.3 Å². The summed E-state index contributed by atoms with van der Waals surface area (Å²) in [5.41, 5.74) is 6.64. The minimum Gasteiger partial charge on any atom is -0.338 e. The summed E-state index contributed by atoms with van der Waals surface area (Å²) in [6, 6.07) is 12.9. The van der Waals surface area contributed by atoms with Crippen LogP contribution in [0.3, 0.4) is 0 Å². The minimum absolute atomic E-state index is 0.160. The Morgan fingerprint density at radius 3 is 2.23 bits per heavy atom. The Bertz CT molecular complexity index is 819. The number of aryl methyl sites for hydroxylation is 2. The smallest absolute Gasteiger partial charge is 0.0965 e. The summed E-state index contributed by atoms with van der Waals surface area (Å²) in [6.07, 6.45) is 1.75. The molecule has 1 aromatic carbocycles. The van der Waals surface area contributed by atoms with Crippen LogP contribution >= 0.6 is 0 Å². The van der Waals surface area contributed by atoms with Crippen molar-refractivity contribution in [2.45, 2.75) is 80.6 Å². The van der Waals surface area contributed by atoms with E-state index < -0.39 is 0 Å². The third kappa shape index (κ3) is 7.44. The van der Waals surface area contributed by atoms with Crippen molar-refractivity contribution < 1.29 is 0 Å². The van der Waals surface area contributed by atoms with Crippen molar-refractivity contribution in [2.24, 2.45) is 0 Å². The molecule has 1 aromatic heterocycles. The van der Waals surface area contributed by atoms with E-state index in [1.807, 2.05) is 39.6 Å². The zero-order valence-corrected chi connectivity index (χ0v) is 21.0. The van der Waals surface area contributed by atoms with E-state index in [1.165, 1.54) is 16.7 Å². The van der Waals surface area contributed by atoms with E-state index in [9.17, 15) is 0 Å². The number of amidine groups is 1. The van der Waals surface area contributed by atoms with Gasteiger partial charge in [-0.1, -0.05) is 78.8 Å². The minimum atomic E-state index is -0.160. The van der Waals surface area contributed by atoms with Crippen LogP contribution < -0.4 is 0 Å². The van der Waals surface area contributed by atoms with Gasteiger partial charge >= 0.3 is 0 Å². The summed E-state index contributed by atoms with van der Waals surface area (Å²) >= 11 is 0. The first kappa shape index (κ1) is 27.6. The molecule has 3 heteroatoms. The fourth-order valence-electron chi connectivity index (χ4n) is 3.16. The number of hydrogen-bond donors (Lipinski definition) is 1. The second kappa shape index (κ2) is 13.0. The van der Waals surface area contributed by atoms with Gasteiger partial charge in [-0.2, -0.15) is 0 Å². The quantitative estimate of drug-likeness (QED) is 0.391. The summed E-state index contributed by atoms with van der Waals surface area (Å²) < 4.78 is 0. The molecule has 0 fully saturated rings. The maximum absolute atomic E-state index is 7.80. The molecule has 30 heavy (non-hydrogen) atoms. The molecule has 0 atom stereocenters. The number of pyridine rings is 1. The predicted octanol–water partition coefficient (Wildman–Crippen LogP) is 7.78. The SMILES string of the molecule is C=C(CC(C)(C)c1cccc(-c2cc(C)ccc2CC)n1)N(C)C(C)=N.CC.CC. The van der Waals surface area contributed by atoms with E-state index >= 15 is 0 Å². The molecule has 1 heterocycles. The second-order valence-electron chi connectivity index (χ2n) is 7.69. The lowest BCUT2D eigenvalue weighted by molar-refractivity contribution is 0.449. The van der Waals surface area contributed by atoms with Gasteiger partial charge in [-0.05, 0) is 50.5 Å². The van der Waals surface area contributed by atoms with Crippen LogP contribution in [0.2, 0.25) is 0 Å². The Morgan fingerprint density at radius 1 is 1.10 bits per heavy atom.